The molecule has 5 atom stereocenters. The van der Waals surface area contributed by atoms with Crippen LogP contribution in [0.2, 0.25) is 0 Å². The van der Waals surface area contributed by atoms with Gasteiger partial charge in [-0.05, 0) is 61.3 Å². The zero-order valence-corrected chi connectivity index (χ0v) is 11.0. The van der Waals surface area contributed by atoms with E-state index in [9.17, 15) is 0 Å². The third-order valence-corrected chi connectivity index (χ3v) is 5.67. The van der Waals surface area contributed by atoms with Gasteiger partial charge in [0.25, 0.3) is 0 Å². The molecule has 3 bridgehead atoms. The Labute approximate surface area is 110 Å². The van der Waals surface area contributed by atoms with E-state index in [0.717, 1.165) is 36.3 Å². The highest BCUT2D eigenvalue weighted by atomic mass is 14.9. The minimum atomic E-state index is 0.807. The van der Waals surface area contributed by atoms with E-state index in [1.807, 2.05) is 0 Å². The highest BCUT2D eigenvalue weighted by molar-refractivity contribution is 5.14. The van der Waals surface area contributed by atoms with Gasteiger partial charge in [0.05, 0.1) is 0 Å². The summed E-state index contributed by atoms with van der Waals surface area (Å²) in [5.74, 6) is 4.19. The summed E-state index contributed by atoms with van der Waals surface area (Å²) >= 11 is 0. The molecule has 3 aliphatic rings. The van der Waals surface area contributed by atoms with Crippen molar-refractivity contribution in [3.05, 3.63) is 35.9 Å². The van der Waals surface area contributed by atoms with Crippen molar-refractivity contribution in [2.24, 2.45) is 23.7 Å². The van der Waals surface area contributed by atoms with E-state index in [1.54, 1.807) is 12.8 Å². The molecule has 96 valence electrons. The van der Waals surface area contributed by atoms with Gasteiger partial charge in [-0.2, -0.15) is 0 Å². The lowest BCUT2D eigenvalue weighted by Crippen LogP contribution is -2.42. The van der Waals surface area contributed by atoms with Gasteiger partial charge in [0.2, 0.25) is 0 Å². The monoisotopic (exact) mass is 241 g/mol. The van der Waals surface area contributed by atoms with Crippen molar-refractivity contribution in [1.29, 1.82) is 0 Å². The normalized spacial score (nSPS) is 41.2. The molecule has 5 unspecified atom stereocenters. The highest BCUT2D eigenvalue weighted by Crippen LogP contribution is 2.55. The third kappa shape index (κ3) is 1.89. The molecule has 1 aromatic carbocycles. The lowest BCUT2D eigenvalue weighted by molar-refractivity contribution is 0.136. The van der Waals surface area contributed by atoms with Gasteiger partial charge in [0, 0.05) is 12.6 Å². The molecular formula is C17H23N. The van der Waals surface area contributed by atoms with Crippen molar-refractivity contribution in [1.82, 2.24) is 5.32 Å². The molecule has 3 saturated carbocycles. The topological polar surface area (TPSA) is 12.0 Å². The summed E-state index contributed by atoms with van der Waals surface area (Å²) in [6, 6.07) is 11.7. The summed E-state index contributed by atoms with van der Waals surface area (Å²) in [4.78, 5) is 0. The maximum absolute atomic E-state index is 3.87. The van der Waals surface area contributed by atoms with Crippen molar-refractivity contribution in [3.8, 4) is 0 Å². The van der Waals surface area contributed by atoms with Crippen LogP contribution in [0.4, 0.5) is 0 Å². The number of benzene rings is 1. The zero-order chi connectivity index (χ0) is 11.9. The Morgan fingerprint density at radius 3 is 2.50 bits per heavy atom. The Balaban J connectivity index is 1.43. The van der Waals surface area contributed by atoms with E-state index in [-0.39, 0.29) is 0 Å². The van der Waals surface area contributed by atoms with Gasteiger partial charge < -0.3 is 5.32 Å². The van der Waals surface area contributed by atoms with Crippen molar-refractivity contribution in [2.75, 3.05) is 0 Å². The van der Waals surface area contributed by atoms with Crippen molar-refractivity contribution in [3.63, 3.8) is 0 Å². The molecule has 1 aromatic rings. The number of hydrogen-bond acceptors (Lipinski definition) is 1. The fourth-order valence-electron chi connectivity index (χ4n) is 5.03. The zero-order valence-electron chi connectivity index (χ0n) is 11.0. The van der Waals surface area contributed by atoms with Gasteiger partial charge >= 0.3 is 0 Å². The van der Waals surface area contributed by atoms with Crippen molar-refractivity contribution in [2.45, 2.75) is 44.7 Å². The second-order valence-corrected chi connectivity index (χ2v) is 6.81. The van der Waals surface area contributed by atoms with E-state index in [4.69, 9.17) is 0 Å². The molecule has 0 aliphatic heterocycles. The molecule has 0 spiro atoms. The standard InChI is InChI=1S/C17H23N/c1-2-4-12(5-3-1)11-18-17-10-14-6-13-7-15(8-14)16(17)9-13/h1-5,13-18H,6-11H2. The van der Waals surface area contributed by atoms with Crippen LogP contribution in [0.3, 0.4) is 0 Å². The van der Waals surface area contributed by atoms with Crippen molar-refractivity contribution < 1.29 is 0 Å². The van der Waals surface area contributed by atoms with Crippen LogP contribution in [0.1, 0.15) is 37.7 Å². The number of nitrogens with one attached hydrogen (secondary N) is 1. The van der Waals surface area contributed by atoms with Crippen LogP contribution in [0.5, 0.6) is 0 Å². The fraction of sp³-hybridized carbons (Fsp3) is 0.647. The Hall–Kier alpha value is -0.820. The van der Waals surface area contributed by atoms with Crippen LogP contribution >= 0.6 is 0 Å². The average Bonchev–Trinajstić information content (AvgIpc) is 2.63. The average molecular weight is 241 g/mol. The molecule has 3 fully saturated rings. The summed E-state index contributed by atoms with van der Waals surface area (Å²) in [5.41, 5.74) is 1.44. The van der Waals surface area contributed by atoms with Gasteiger partial charge in [-0.3, -0.25) is 0 Å². The van der Waals surface area contributed by atoms with Crippen LogP contribution in [0, 0.1) is 23.7 Å². The van der Waals surface area contributed by atoms with Crippen molar-refractivity contribution >= 4 is 0 Å². The van der Waals surface area contributed by atoms with Crippen LogP contribution in [0.15, 0.2) is 30.3 Å². The Morgan fingerprint density at radius 1 is 0.889 bits per heavy atom. The second-order valence-electron chi connectivity index (χ2n) is 6.81. The Morgan fingerprint density at radius 2 is 1.67 bits per heavy atom. The SMILES string of the molecule is c1ccc(CNC2CC3CC4CC(C3)C2C4)cc1. The Bertz CT molecular complexity index is 411. The first kappa shape index (κ1) is 11.0. The number of rotatable bonds is 3. The smallest absolute Gasteiger partial charge is 0.0208 e. The van der Waals surface area contributed by atoms with Crippen LogP contribution in [-0.2, 0) is 6.54 Å². The molecule has 1 nitrogen and oxygen atoms in total. The number of hydrogen-bond donors (Lipinski definition) is 1. The molecule has 0 amide bonds. The summed E-state index contributed by atoms with van der Waals surface area (Å²) < 4.78 is 0. The minimum Gasteiger partial charge on any atom is -0.310 e. The molecule has 4 rings (SSSR count). The first-order chi connectivity index (χ1) is 8.88. The van der Waals surface area contributed by atoms with Gasteiger partial charge in [0.15, 0.2) is 0 Å². The maximum atomic E-state index is 3.87. The lowest BCUT2D eigenvalue weighted by atomic mass is 9.70. The third-order valence-electron chi connectivity index (χ3n) is 5.67. The molecule has 0 heterocycles. The van der Waals surface area contributed by atoms with E-state index in [0.29, 0.717) is 0 Å². The number of fused-ring (bicyclic) bond motifs is 2. The fourth-order valence-corrected chi connectivity index (χ4v) is 5.03. The van der Waals surface area contributed by atoms with Gasteiger partial charge in [0.1, 0.15) is 0 Å². The predicted octanol–water partition coefficient (Wildman–Crippen LogP) is 3.60. The molecule has 0 aromatic heterocycles. The highest BCUT2D eigenvalue weighted by Gasteiger charge is 2.48. The lowest BCUT2D eigenvalue weighted by Gasteiger charge is -2.40. The summed E-state index contributed by atoms with van der Waals surface area (Å²) in [5, 5.41) is 3.87. The minimum absolute atomic E-state index is 0.807. The molecule has 1 N–H and O–H groups in total. The van der Waals surface area contributed by atoms with Crippen LogP contribution < -0.4 is 5.32 Å². The molecule has 18 heavy (non-hydrogen) atoms. The van der Waals surface area contributed by atoms with Crippen LogP contribution in [-0.4, -0.2) is 6.04 Å². The first-order valence-corrected chi connectivity index (χ1v) is 7.66. The van der Waals surface area contributed by atoms with Crippen LogP contribution in [0.25, 0.3) is 0 Å². The summed E-state index contributed by atoms with van der Waals surface area (Å²) in [6.45, 7) is 1.06. The van der Waals surface area contributed by atoms with Gasteiger partial charge in [-0.1, -0.05) is 30.3 Å². The molecular weight excluding hydrogens is 218 g/mol. The maximum Gasteiger partial charge on any atom is 0.0208 e. The van der Waals surface area contributed by atoms with Gasteiger partial charge in [-0.25, -0.2) is 0 Å². The first-order valence-electron chi connectivity index (χ1n) is 7.66. The summed E-state index contributed by atoms with van der Waals surface area (Å²) in [7, 11) is 0. The van der Waals surface area contributed by atoms with Gasteiger partial charge in [-0.15, -0.1) is 0 Å². The molecule has 1 heteroatoms. The van der Waals surface area contributed by atoms with E-state index in [2.05, 4.69) is 35.6 Å². The summed E-state index contributed by atoms with van der Waals surface area (Å²) in [6.07, 6.45) is 7.60. The van der Waals surface area contributed by atoms with E-state index >= 15 is 0 Å². The molecule has 3 aliphatic carbocycles. The predicted molar refractivity (Wildman–Crippen MR) is 74.1 cm³/mol. The molecule has 0 saturated heterocycles. The second kappa shape index (κ2) is 4.38. The molecule has 0 radical (unpaired) electrons. The van der Waals surface area contributed by atoms with E-state index < -0.39 is 0 Å². The van der Waals surface area contributed by atoms with E-state index in [1.165, 1.54) is 24.8 Å². The Kier molecular flexibility index (Phi) is 2.69. The largest absolute Gasteiger partial charge is 0.310 e. The quantitative estimate of drug-likeness (QED) is 0.852.